The average molecular weight is 683 g/mol. The summed E-state index contributed by atoms with van der Waals surface area (Å²) in [5.74, 6) is 0.616. The summed E-state index contributed by atoms with van der Waals surface area (Å²) in [7, 11) is 0. The van der Waals surface area contributed by atoms with Crippen molar-refractivity contribution in [2.45, 2.75) is 13.5 Å². The van der Waals surface area contributed by atoms with Crippen LogP contribution in [0.3, 0.4) is 0 Å². The van der Waals surface area contributed by atoms with Crippen molar-refractivity contribution < 1.29 is 4.74 Å². The van der Waals surface area contributed by atoms with Gasteiger partial charge in [-0.15, -0.1) is 0 Å². The summed E-state index contributed by atoms with van der Waals surface area (Å²) < 4.78 is 6.64. The second-order valence-corrected chi connectivity index (χ2v) is 13.2. The van der Waals surface area contributed by atoms with E-state index in [9.17, 15) is 0 Å². The lowest BCUT2D eigenvalue weighted by Crippen LogP contribution is -2.00. The number of nitrogens with zero attached hydrogens (tertiary/aromatic N) is 2. The van der Waals surface area contributed by atoms with Gasteiger partial charge in [-0.3, -0.25) is 9.98 Å². The van der Waals surface area contributed by atoms with E-state index in [1.807, 2.05) is 36.5 Å². The number of benzene rings is 7. The zero-order valence-electron chi connectivity index (χ0n) is 29.7. The van der Waals surface area contributed by atoms with Crippen molar-refractivity contribution in [2.24, 2.45) is 4.99 Å². The minimum Gasteiger partial charge on any atom is -0.487 e. The summed E-state index contributed by atoms with van der Waals surface area (Å²) in [6, 6.07) is 55.2. The zero-order valence-corrected chi connectivity index (χ0v) is 29.7. The van der Waals surface area contributed by atoms with Gasteiger partial charge in [0.15, 0.2) is 0 Å². The third-order valence-corrected chi connectivity index (χ3v) is 9.94. The molecule has 0 bridgehead atoms. The predicted molar refractivity (Wildman–Crippen MR) is 225 cm³/mol. The molecule has 0 saturated heterocycles. The van der Waals surface area contributed by atoms with E-state index in [0.717, 1.165) is 50.1 Å². The number of allylic oxidation sites excluding steroid dienone is 3. The number of hydrogen-bond acceptors (Lipinski definition) is 3. The summed E-state index contributed by atoms with van der Waals surface area (Å²) in [6.45, 7) is 10.9. The Morgan fingerprint density at radius 3 is 1.72 bits per heavy atom. The predicted octanol–water partition coefficient (Wildman–Crippen LogP) is 13.1. The highest BCUT2D eigenvalue weighted by molar-refractivity contribution is 6.25. The van der Waals surface area contributed by atoms with Gasteiger partial charge in [-0.25, -0.2) is 0 Å². The maximum atomic E-state index is 6.64. The minimum atomic E-state index is 0.356. The summed E-state index contributed by atoms with van der Waals surface area (Å²) in [5, 5.41) is 7.37. The van der Waals surface area contributed by atoms with Crippen LogP contribution in [0.5, 0.6) is 0 Å². The van der Waals surface area contributed by atoms with Gasteiger partial charge in [0.25, 0.3) is 0 Å². The molecule has 0 spiro atoms. The summed E-state index contributed by atoms with van der Waals surface area (Å²) >= 11 is 0. The quantitative estimate of drug-likeness (QED) is 0.0623. The molecule has 8 aromatic rings. The van der Waals surface area contributed by atoms with Crippen molar-refractivity contribution in [3.05, 3.63) is 211 Å². The maximum Gasteiger partial charge on any atom is 0.146 e. The molecule has 7 aromatic carbocycles. The van der Waals surface area contributed by atoms with Crippen molar-refractivity contribution >= 4 is 50.2 Å². The van der Waals surface area contributed by atoms with E-state index in [-0.39, 0.29) is 0 Å². The van der Waals surface area contributed by atoms with Gasteiger partial charge in [-0.2, -0.15) is 0 Å². The van der Waals surface area contributed by atoms with Crippen molar-refractivity contribution in [3.8, 4) is 22.3 Å². The van der Waals surface area contributed by atoms with E-state index in [1.54, 1.807) is 6.20 Å². The third kappa shape index (κ3) is 6.81. The largest absolute Gasteiger partial charge is 0.487 e. The number of rotatable bonds is 10. The smallest absolute Gasteiger partial charge is 0.146 e. The van der Waals surface area contributed by atoms with E-state index in [2.05, 4.69) is 164 Å². The molecule has 0 amide bonds. The molecule has 1 aromatic heterocycles. The van der Waals surface area contributed by atoms with Crippen LogP contribution in [0, 0.1) is 0 Å². The van der Waals surface area contributed by atoms with Crippen molar-refractivity contribution in [3.63, 3.8) is 0 Å². The molecular weight excluding hydrogens is 645 g/mol. The third-order valence-electron chi connectivity index (χ3n) is 9.94. The number of ether oxygens (including phenoxy) is 1. The first-order valence-corrected chi connectivity index (χ1v) is 17.8. The normalized spacial score (nSPS) is 12.1. The van der Waals surface area contributed by atoms with Crippen molar-refractivity contribution in [1.82, 2.24) is 4.98 Å². The Bertz CT molecular complexity index is 2640. The van der Waals surface area contributed by atoms with Gasteiger partial charge in [-0.05, 0) is 114 Å². The van der Waals surface area contributed by atoms with Crippen LogP contribution in [-0.4, -0.2) is 11.7 Å². The van der Waals surface area contributed by atoms with Gasteiger partial charge in [0, 0.05) is 12.4 Å². The highest BCUT2D eigenvalue weighted by Gasteiger charge is 2.15. The second kappa shape index (κ2) is 14.8. The molecule has 0 aliphatic rings. The van der Waals surface area contributed by atoms with Gasteiger partial charge in [-0.1, -0.05) is 152 Å². The van der Waals surface area contributed by atoms with Crippen molar-refractivity contribution in [2.75, 3.05) is 0 Å². The number of pyridine rings is 1. The van der Waals surface area contributed by atoms with Crippen LogP contribution in [0.2, 0.25) is 0 Å². The fraction of sp³-hybridized carbons (Fsp3) is 0.0400. The Labute approximate surface area is 310 Å². The lowest BCUT2D eigenvalue weighted by molar-refractivity contribution is 0.206. The number of hydrogen-bond donors (Lipinski definition) is 0. The molecule has 53 heavy (non-hydrogen) atoms. The number of aliphatic imine (C=N–C) groups is 1. The molecule has 0 saturated carbocycles. The van der Waals surface area contributed by atoms with Crippen LogP contribution in [0.25, 0.3) is 65.7 Å². The van der Waals surface area contributed by atoms with Gasteiger partial charge >= 0.3 is 0 Å². The SMILES string of the molecule is C=NC(=C(/C)c1ccccc1)/C(=C\C(=C)c1ccc2c3ccccc3c3ccccc3c2c1)OCc1ccc(-c2ccc(-c3cccnc3)cc2)cc1. The Hall–Kier alpha value is -6.84. The van der Waals surface area contributed by atoms with E-state index in [0.29, 0.717) is 18.1 Å². The van der Waals surface area contributed by atoms with E-state index >= 15 is 0 Å². The lowest BCUT2D eigenvalue weighted by Gasteiger charge is -2.16. The number of aromatic nitrogens is 1. The first-order chi connectivity index (χ1) is 26.1. The molecule has 3 heteroatoms. The molecule has 254 valence electrons. The molecule has 0 aliphatic heterocycles. The summed E-state index contributed by atoms with van der Waals surface area (Å²) in [6.07, 6.45) is 5.68. The first-order valence-electron chi connectivity index (χ1n) is 17.8. The molecule has 0 atom stereocenters. The first kappa shape index (κ1) is 33.3. The zero-order chi connectivity index (χ0) is 36.1. The molecule has 0 aliphatic carbocycles. The van der Waals surface area contributed by atoms with Gasteiger partial charge < -0.3 is 4.74 Å². The number of fused-ring (bicyclic) bond motifs is 6. The Morgan fingerprint density at radius 2 is 1.13 bits per heavy atom. The van der Waals surface area contributed by atoms with E-state index in [4.69, 9.17) is 4.74 Å². The van der Waals surface area contributed by atoms with Crippen LogP contribution in [0.4, 0.5) is 0 Å². The Morgan fingerprint density at radius 1 is 0.585 bits per heavy atom. The monoisotopic (exact) mass is 682 g/mol. The van der Waals surface area contributed by atoms with Gasteiger partial charge in [0.1, 0.15) is 18.1 Å². The van der Waals surface area contributed by atoms with Gasteiger partial charge in [0.05, 0.1) is 0 Å². The van der Waals surface area contributed by atoms with Crippen LogP contribution < -0.4 is 0 Å². The van der Waals surface area contributed by atoms with Crippen LogP contribution >= 0.6 is 0 Å². The Kier molecular flexibility index (Phi) is 9.30. The molecule has 0 N–H and O–H groups in total. The van der Waals surface area contributed by atoms with Crippen LogP contribution in [-0.2, 0) is 11.3 Å². The summed E-state index contributed by atoms with van der Waals surface area (Å²) in [5.41, 5.74) is 10.1. The molecule has 8 rings (SSSR count). The molecule has 0 unspecified atom stereocenters. The maximum absolute atomic E-state index is 6.64. The minimum absolute atomic E-state index is 0.356. The molecule has 3 nitrogen and oxygen atoms in total. The highest BCUT2D eigenvalue weighted by Crippen LogP contribution is 2.37. The second-order valence-electron chi connectivity index (χ2n) is 13.2. The lowest BCUT2D eigenvalue weighted by atomic mass is 9.92. The Balaban J connectivity index is 1.12. The topological polar surface area (TPSA) is 34.5 Å². The van der Waals surface area contributed by atoms with Crippen LogP contribution in [0.15, 0.2) is 199 Å². The van der Waals surface area contributed by atoms with Gasteiger partial charge in [0.2, 0.25) is 0 Å². The van der Waals surface area contributed by atoms with E-state index < -0.39 is 0 Å². The molecule has 0 radical (unpaired) electrons. The summed E-state index contributed by atoms with van der Waals surface area (Å²) in [4.78, 5) is 8.77. The molecular formula is C50H38N2O. The molecule has 0 fully saturated rings. The fourth-order valence-corrected chi connectivity index (χ4v) is 7.08. The fourth-order valence-electron chi connectivity index (χ4n) is 7.08. The van der Waals surface area contributed by atoms with E-state index in [1.165, 1.54) is 32.3 Å². The van der Waals surface area contributed by atoms with Crippen LogP contribution in [0.1, 0.15) is 23.6 Å². The average Bonchev–Trinajstić information content (AvgIpc) is 3.23. The standard InChI is InChI=1S/C50H38N2O/c1-34(41-27-28-47-45-17-8-7-15-43(45)44-16-9-10-18-46(44)48(47)31-41)30-49(50(51-3)35(2)37-12-5-4-6-13-37)53-33-36-19-21-38(22-20-36)39-23-25-40(26-24-39)42-14-11-29-52-32-42/h4-32H,1,3,33H2,2H3/b49-30+,50-35-. The molecule has 1 heterocycles. The highest BCUT2D eigenvalue weighted by atomic mass is 16.5. The van der Waals surface area contributed by atoms with Crippen molar-refractivity contribution in [1.29, 1.82) is 0 Å².